The van der Waals surface area contributed by atoms with Crippen molar-refractivity contribution in [3.8, 4) is 17.2 Å². The number of benzene rings is 2. The summed E-state index contributed by atoms with van der Waals surface area (Å²) in [6.45, 7) is 0. The second-order valence-electron chi connectivity index (χ2n) is 5.31. The van der Waals surface area contributed by atoms with Crippen LogP contribution in [0.2, 0.25) is 0 Å². The lowest BCUT2D eigenvalue weighted by atomic mass is 10.1. The third-order valence-corrected chi connectivity index (χ3v) is 3.80. The van der Waals surface area contributed by atoms with Crippen LogP contribution in [0.15, 0.2) is 51.7 Å². The van der Waals surface area contributed by atoms with Gasteiger partial charge in [-0.3, -0.25) is 14.9 Å². The van der Waals surface area contributed by atoms with Crippen LogP contribution >= 0.6 is 0 Å². The van der Waals surface area contributed by atoms with Gasteiger partial charge in [0.25, 0.3) is 5.91 Å². The van der Waals surface area contributed by atoms with Crippen molar-refractivity contribution in [3.05, 3.63) is 58.3 Å². The summed E-state index contributed by atoms with van der Waals surface area (Å²) in [6, 6.07) is 11.3. The first-order valence-corrected chi connectivity index (χ1v) is 7.72. The first-order valence-electron chi connectivity index (χ1n) is 7.72. The number of fused-ring (bicyclic) bond motifs is 1. The van der Waals surface area contributed by atoms with Gasteiger partial charge in [-0.05, 0) is 12.1 Å². The highest BCUT2D eigenvalue weighted by atomic mass is 16.5. The highest BCUT2D eigenvalue weighted by Gasteiger charge is 2.21. The van der Waals surface area contributed by atoms with Crippen LogP contribution in [-0.4, -0.2) is 27.2 Å². The summed E-state index contributed by atoms with van der Waals surface area (Å²) >= 11 is 0. The van der Waals surface area contributed by atoms with Crippen LogP contribution < -0.4 is 25.0 Å². The molecule has 0 aliphatic heterocycles. The number of rotatable bonds is 5. The predicted molar refractivity (Wildman–Crippen MR) is 96.5 cm³/mol. The van der Waals surface area contributed by atoms with Gasteiger partial charge in [-0.2, -0.15) is 0 Å². The van der Waals surface area contributed by atoms with E-state index in [9.17, 15) is 9.59 Å². The van der Waals surface area contributed by atoms with Gasteiger partial charge in [0.05, 0.1) is 21.3 Å². The molecule has 2 aromatic carbocycles. The molecule has 7 nitrogen and oxygen atoms in total. The summed E-state index contributed by atoms with van der Waals surface area (Å²) in [5.41, 5.74) is 0.267. The van der Waals surface area contributed by atoms with Gasteiger partial charge >= 0.3 is 0 Å². The average Bonchev–Trinajstić information content (AvgIpc) is 2.66. The standard InChI is InChI=1S/C19H17NO6/c1-23-14-10-13-16(18(25-3)17(14)24-2)12(21)9-15(26-13)20-19(22)11-7-5-4-6-8-11/h4-10H,1-3H3,(H,20,22). The third kappa shape index (κ3) is 3.06. The molecule has 26 heavy (non-hydrogen) atoms. The van der Waals surface area contributed by atoms with E-state index in [1.54, 1.807) is 30.3 Å². The SMILES string of the molecule is COc1cc2oc(NC(=O)c3ccccc3)cc(=O)c2c(OC)c1OC. The summed E-state index contributed by atoms with van der Waals surface area (Å²) in [5.74, 6) is 0.463. The van der Waals surface area contributed by atoms with Crippen molar-refractivity contribution < 1.29 is 23.4 Å². The number of nitrogens with one attached hydrogen (secondary N) is 1. The Morgan fingerprint density at radius 1 is 0.962 bits per heavy atom. The Labute approximate surface area is 149 Å². The van der Waals surface area contributed by atoms with Crippen molar-refractivity contribution in [2.24, 2.45) is 0 Å². The lowest BCUT2D eigenvalue weighted by Crippen LogP contribution is -2.14. The fourth-order valence-electron chi connectivity index (χ4n) is 2.62. The van der Waals surface area contributed by atoms with E-state index in [2.05, 4.69) is 5.32 Å². The smallest absolute Gasteiger partial charge is 0.257 e. The molecule has 0 saturated heterocycles. The second-order valence-corrected chi connectivity index (χ2v) is 5.31. The zero-order chi connectivity index (χ0) is 18.7. The molecule has 0 radical (unpaired) electrons. The largest absolute Gasteiger partial charge is 0.493 e. The Bertz CT molecular complexity index is 1010. The molecular formula is C19H17NO6. The van der Waals surface area contributed by atoms with Gasteiger partial charge in [-0.15, -0.1) is 0 Å². The number of hydrogen-bond acceptors (Lipinski definition) is 6. The van der Waals surface area contributed by atoms with Crippen LogP contribution in [0, 0.1) is 0 Å². The van der Waals surface area contributed by atoms with E-state index in [0.717, 1.165) is 0 Å². The van der Waals surface area contributed by atoms with Crippen LogP contribution in [0.25, 0.3) is 11.0 Å². The van der Waals surface area contributed by atoms with Gasteiger partial charge in [-0.25, -0.2) is 0 Å². The maximum absolute atomic E-state index is 12.6. The van der Waals surface area contributed by atoms with Gasteiger partial charge in [0.2, 0.25) is 11.6 Å². The van der Waals surface area contributed by atoms with Crippen molar-refractivity contribution in [1.29, 1.82) is 0 Å². The van der Waals surface area contributed by atoms with E-state index in [-0.39, 0.29) is 39.7 Å². The molecule has 134 valence electrons. The highest BCUT2D eigenvalue weighted by Crippen LogP contribution is 2.42. The Balaban J connectivity index is 2.10. The Kier molecular flexibility index (Phi) is 4.79. The molecule has 1 amide bonds. The number of hydrogen-bond donors (Lipinski definition) is 1. The highest BCUT2D eigenvalue weighted by molar-refractivity contribution is 6.04. The maximum Gasteiger partial charge on any atom is 0.257 e. The van der Waals surface area contributed by atoms with E-state index in [1.807, 2.05) is 0 Å². The molecule has 7 heteroatoms. The van der Waals surface area contributed by atoms with Gasteiger partial charge < -0.3 is 18.6 Å². The minimum Gasteiger partial charge on any atom is -0.493 e. The summed E-state index contributed by atoms with van der Waals surface area (Å²) in [5, 5.41) is 2.77. The van der Waals surface area contributed by atoms with E-state index < -0.39 is 0 Å². The zero-order valence-corrected chi connectivity index (χ0v) is 14.5. The molecular weight excluding hydrogens is 338 g/mol. The van der Waals surface area contributed by atoms with Crippen LogP contribution in [-0.2, 0) is 0 Å². The fraction of sp³-hybridized carbons (Fsp3) is 0.158. The molecule has 0 spiro atoms. The molecule has 0 bridgehead atoms. The van der Waals surface area contributed by atoms with Crippen molar-refractivity contribution in [2.75, 3.05) is 26.6 Å². The zero-order valence-electron chi connectivity index (χ0n) is 14.5. The molecule has 1 N–H and O–H groups in total. The number of anilines is 1. The van der Waals surface area contributed by atoms with Crippen molar-refractivity contribution in [1.82, 2.24) is 0 Å². The molecule has 0 atom stereocenters. The van der Waals surface area contributed by atoms with Gasteiger partial charge in [0.15, 0.2) is 16.9 Å². The molecule has 0 saturated carbocycles. The molecule has 3 rings (SSSR count). The Morgan fingerprint density at radius 2 is 1.65 bits per heavy atom. The minimum absolute atomic E-state index is 0.0191. The van der Waals surface area contributed by atoms with Crippen LogP contribution in [0.5, 0.6) is 17.2 Å². The van der Waals surface area contributed by atoms with Crippen LogP contribution in [0.4, 0.5) is 5.88 Å². The summed E-state index contributed by atoms with van der Waals surface area (Å²) in [4.78, 5) is 24.8. The Morgan fingerprint density at radius 3 is 2.27 bits per heavy atom. The molecule has 0 aliphatic rings. The molecule has 3 aromatic rings. The summed E-state index contributed by atoms with van der Waals surface area (Å²) in [7, 11) is 4.33. The van der Waals surface area contributed by atoms with Crippen molar-refractivity contribution in [3.63, 3.8) is 0 Å². The van der Waals surface area contributed by atoms with Gasteiger partial charge in [-0.1, -0.05) is 18.2 Å². The van der Waals surface area contributed by atoms with Crippen molar-refractivity contribution >= 4 is 22.8 Å². The van der Waals surface area contributed by atoms with Gasteiger partial charge in [0.1, 0.15) is 11.0 Å². The van der Waals surface area contributed by atoms with E-state index >= 15 is 0 Å². The monoisotopic (exact) mass is 355 g/mol. The first kappa shape index (κ1) is 17.3. The molecule has 0 aliphatic carbocycles. The van der Waals surface area contributed by atoms with Crippen LogP contribution in [0.3, 0.4) is 0 Å². The van der Waals surface area contributed by atoms with Crippen LogP contribution in [0.1, 0.15) is 10.4 Å². The fourth-order valence-corrected chi connectivity index (χ4v) is 2.62. The number of amides is 1. The predicted octanol–water partition coefficient (Wildman–Crippen LogP) is 3.07. The molecule has 1 aromatic heterocycles. The number of carbonyl (C=O) groups is 1. The average molecular weight is 355 g/mol. The normalized spacial score (nSPS) is 10.4. The molecule has 0 unspecified atom stereocenters. The van der Waals surface area contributed by atoms with Crippen molar-refractivity contribution in [2.45, 2.75) is 0 Å². The lowest BCUT2D eigenvalue weighted by Gasteiger charge is -2.14. The number of methoxy groups -OCH3 is 3. The summed E-state index contributed by atoms with van der Waals surface area (Å²) < 4.78 is 21.5. The summed E-state index contributed by atoms with van der Waals surface area (Å²) in [6.07, 6.45) is 0. The molecule has 0 fully saturated rings. The van der Waals surface area contributed by atoms with E-state index in [4.69, 9.17) is 18.6 Å². The Hall–Kier alpha value is -3.48. The van der Waals surface area contributed by atoms with E-state index in [1.165, 1.54) is 33.5 Å². The van der Waals surface area contributed by atoms with Gasteiger partial charge in [0, 0.05) is 17.7 Å². The maximum atomic E-state index is 12.6. The second kappa shape index (κ2) is 7.18. The number of ether oxygens (including phenoxy) is 3. The number of carbonyl (C=O) groups excluding carboxylic acids is 1. The topological polar surface area (TPSA) is 87.0 Å². The quantitative estimate of drug-likeness (QED) is 0.757. The minimum atomic E-state index is -0.388. The first-order chi connectivity index (χ1) is 12.6. The lowest BCUT2D eigenvalue weighted by molar-refractivity contribution is 0.102. The molecule has 1 heterocycles. The third-order valence-electron chi connectivity index (χ3n) is 3.80. The van der Waals surface area contributed by atoms with E-state index in [0.29, 0.717) is 11.3 Å².